The lowest BCUT2D eigenvalue weighted by Gasteiger charge is -2.34. The Balaban J connectivity index is 1.70. The molecule has 0 bridgehead atoms. The predicted molar refractivity (Wildman–Crippen MR) is 105 cm³/mol. The molecule has 0 amide bonds. The number of aromatic nitrogens is 4. The summed E-state index contributed by atoms with van der Waals surface area (Å²) in [6.45, 7) is 7.18. The number of piperazine rings is 1. The van der Waals surface area contributed by atoms with E-state index >= 15 is 0 Å². The summed E-state index contributed by atoms with van der Waals surface area (Å²) in [5.41, 5.74) is 1.71. The Morgan fingerprint density at radius 2 is 1.96 bits per heavy atom. The molecular formula is C18H22ClN7. The van der Waals surface area contributed by atoms with Crippen molar-refractivity contribution in [1.29, 1.82) is 0 Å². The normalized spacial score (nSPS) is 15.6. The molecule has 8 heteroatoms. The monoisotopic (exact) mass is 371 g/mol. The summed E-state index contributed by atoms with van der Waals surface area (Å²) in [6, 6.07) is 7.61. The fourth-order valence-electron chi connectivity index (χ4n) is 3.21. The fraction of sp³-hybridized carbons (Fsp3) is 0.389. The van der Waals surface area contributed by atoms with E-state index in [-0.39, 0.29) is 0 Å². The van der Waals surface area contributed by atoms with Gasteiger partial charge in [-0.05, 0) is 24.7 Å². The van der Waals surface area contributed by atoms with E-state index in [0.717, 1.165) is 61.2 Å². The molecule has 0 spiro atoms. The van der Waals surface area contributed by atoms with Gasteiger partial charge in [0.25, 0.3) is 0 Å². The maximum absolute atomic E-state index is 6.11. The summed E-state index contributed by atoms with van der Waals surface area (Å²) in [7, 11) is 1.90. The number of benzene rings is 1. The third kappa shape index (κ3) is 3.32. The van der Waals surface area contributed by atoms with Crippen LogP contribution in [0.3, 0.4) is 0 Å². The second kappa shape index (κ2) is 7.09. The van der Waals surface area contributed by atoms with Crippen LogP contribution in [0, 0.1) is 0 Å². The largest absolute Gasteiger partial charge is 0.339 e. The van der Waals surface area contributed by atoms with E-state index in [1.54, 1.807) is 10.9 Å². The number of hydrogen-bond acceptors (Lipinski definition) is 6. The number of anilines is 3. The molecule has 1 aromatic carbocycles. The molecule has 0 radical (unpaired) electrons. The van der Waals surface area contributed by atoms with Crippen molar-refractivity contribution in [3.8, 4) is 0 Å². The number of hydrogen-bond donors (Lipinski definition) is 1. The van der Waals surface area contributed by atoms with Crippen LogP contribution in [-0.4, -0.2) is 57.4 Å². The molecule has 26 heavy (non-hydrogen) atoms. The van der Waals surface area contributed by atoms with Crippen molar-refractivity contribution in [1.82, 2.24) is 24.6 Å². The summed E-state index contributed by atoms with van der Waals surface area (Å²) < 4.78 is 1.78. The van der Waals surface area contributed by atoms with Crippen LogP contribution < -0.4 is 10.2 Å². The van der Waals surface area contributed by atoms with Crippen LogP contribution in [0.5, 0.6) is 0 Å². The summed E-state index contributed by atoms with van der Waals surface area (Å²) in [5.74, 6) is 1.49. The predicted octanol–water partition coefficient (Wildman–Crippen LogP) is 2.90. The lowest BCUT2D eigenvalue weighted by atomic mass is 10.3. The molecule has 0 unspecified atom stereocenters. The van der Waals surface area contributed by atoms with E-state index in [4.69, 9.17) is 21.6 Å². The van der Waals surface area contributed by atoms with Crippen LogP contribution >= 0.6 is 11.6 Å². The van der Waals surface area contributed by atoms with Crippen LogP contribution in [0.1, 0.15) is 6.92 Å². The lowest BCUT2D eigenvalue weighted by Crippen LogP contribution is -2.46. The molecule has 2 aromatic heterocycles. The first-order valence-electron chi connectivity index (χ1n) is 8.83. The van der Waals surface area contributed by atoms with E-state index in [0.29, 0.717) is 5.02 Å². The fourth-order valence-corrected chi connectivity index (χ4v) is 3.40. The summed E-state index contributed by atoms with van der Waals surface area (Å²) >= 11 is 6.11. The number of fused-ring (bicyclic) bond motifs is 1. The van der Waals surface area contributed by atoms with Crippen molar-refractivity contribution in [3.63, 3.8) is 0 Å². The minimum absolute atomic E-state index is 0.683. The van der Waals surface area contributed by atoms with Gasteiger partial charge in [0.15, 0.2) is 5.65 Å². The molecule has 0 saturated carbocycles. The van der Waals surface area contributed by atoms with Gasteiger partial charge in [0.1, 0.15) is 5.82 Å². The standard InChI is InChI=1S/C18H22ClN7/c1-3-25-7-9-26(10-8-25)18-22-16(15-12-20-24(2)17(15)23-18)21-14-6-4-5-13(19)11-14/h4-6,11-12H,3,7-10H2,1-2H3,(H,21,22,23). The van der Waals surface area contributed by atoms with Crippen molar-refractivity contribution in [2.75, 3.05) is 42.9 Å². The highest BCUT2D eigenvalue weighted by Gasteiger charge is 2.20. The van der Waals surface area contributed by atoms with Gasteiger partial charge < -0.3 is 15.1 Å². The van der Waals surface area contributed by atoms with Gasteiger partial charge in [0.05, 0.1) is 11.6 Å². The van der Waals surface area contributed by atoms with Crippen LogP contribution in [0.2, 0.25) is 5.02 Å². The molecule has 0 aliphatic carbocycles. The Morgan fingerprint density at radius 3 is 2.69 bits per heavy atom. The third-order valence-electron chi connectivity index (χ3n) is 4.77. The molecule has 0 atom stereocenters. The highest BCUT2D eigenvalue weighted by atomic mass is 35.5. The molecule has 1 fully saturated rings. The van der Waals surface area contributed by atoms with Crippen molar-refractivity contribution < 1.29 is 0 Å². The van der Waals surface area contributed by atoms with Crippen LogP contribution in [0.15, 0.2) is 30.5 Å². The Labute approximate surface area is 157 Å². The molecule has 1 N–H and O–H groups in total. The molecule has 1 aliphatic rings. The zero-order valence-electron chi connectivity index (χ0n) is 15.0. The maximum Gasteiger partial charge on any atom is 0.229 e. The second-order valence-electron chi connectivity index (χ2n) is 6.43. The molecule has 3 aromatic rings. The van der Waals surface area contributed by atoms with E-state index in [2.05, 4.69) is 27.1 Å². The SMILES string of the molecule is CCN1CCN(c2nc(Nc3cccc(Cl)c3)c3cnn(C)c3n2)CC1. The van der Waals surface area contributed by atoms with Gasteiger partial charge in [-0.2, -0.15) is 15.1 Å². The zero-order valence-corrected chi connectivity index (χ0v) is 15.7. The van der Waals surface area contributed by atoms with E-state index in [1.165, 1.54) is 0 Å². The number of nitrogens with zero attached hydrogens (tertiary/aromatic N) is 6. The van der Waals surface area contributed by atoms with Crippen LogP contribution in [0.25, 0.3) is 11.0 Å². The first-order chi connectivity index (χ1) is 12.6. The van der Waals surface area contributed by atoms with Crippen LogP contribution in [-0.2, 0) is 7.05 Å². The van der Waals surface area contributed by atoms with Crippen molar-refractivity contribution in [3.05, 3.63) is 35.5 Å². The topological polar surface area (TPSA) is 62.1 Å². The lowest BCUT2D eigenvalue weighted by molar-refractivity contribution is 0.270. The van der Waals surface area contributed by atoms with E-state index in [9.17, 15) is 0 Å². The average Bonchev–Trinajstić information content (AvgIpc) is 3.03. The number of rotatable bonds is 4. The van der Waals surface area contributed by atoms with Gasteiger partial charge in [-0.3, -0.25) is 4.68 Å². The molecular weight excluding hydrogens is 350 g/mol. The maximum atomic E-state index is 6.11. The third-order valence-corrected chi connectivity index (χ3v) is 5.01. The molecule has 3 heterocycles. The number of halogens is 1. The molecule has 136 valence electrons. The Kier molecular flexibility index (Phi) is 4.65. The summed E-state index contributed by atoms with van der Waals surface area (Å²) in [6.07, 6.45) is 1.79. The Hall–Kier alpha value is -2.38. The van der Waals surface area contributed by atoms with Gasteiger partial charge in [-0.15, -0.1) is 0 Å². The minimum atomic E-state index is 0.683. The first-order valence-corrected chi connectivity index (χ1v) is 9.21. The van der Waals surface area contributed by atoms with Gasteiger partial charge in [0.2, 0.25) is 5.95 Å². The molecule has 7 nitrogen and oxygen atoms in total. The van der Waals surface area contributed by atoms with Gasteiger partial charge >= 0.3 is 0 Å². The smallest absolute Gasteiger partial charge is 0.229 e. The highest BCUT2D eigenvalue weighted by Crippen LogP contribution is 2.27. The van der Waals surface area contributed by atoms with E-state index in [1.807, 2.05) is 31.3 Å². The first kappa shape index (κ1) is 17.1. The van der Waals surface area contributed by atoms with Crippen molar-refractivity contribution >= 4 is 40.1 Å². The quantitative estimate of drug-likeness (QED) is 0.760. The molecule has 1 aliphatic heterocycles. The van der Waals surface area contributed by atoms with Gasteiger partial charge in [-0.25, -0.2) is 0 Å². The summed E-state index contributed by atoms with van der Waals surface area (Å²) in [4.78, 5) is 14.2. The Bertz CT molecular complexity index is 915. The van der Waals surface area contributed by atoms with Gasteiger partial charge in [-0.1, -0.05) is 24.6 Å². The average molecular weight is 372 g/mol. The van der Waals surface area contributed by atoms with Crippen LogP contribution in [0.4, 0.5) is 17.5 Å². The number of likely N-dealkylation sites (N-methyl/N-ethyl adjacent to an activating group) is 1. The van der Waals surface area contributed by atoms with Gasteiger partial charge in [0, 0.05) is 43.9 Å². The van der Waals surface area contributed by atoms with Crippen molar-refractivity contribution in [2.24, 2.45) is 7.05 Å². The zero-order chi connectivity index (χ0) is 18.1. The number of nitrogens with one attached hydrogen (secondary N) is 1. The highest BCUT2D eigenvalue weighted by molar-refractivity contribution is 6.30. The van der Waals surface area contributed by atoms with E-state index < -0.39 is 0 Å². The molecule has 4 rings (SSSR count). The Morgan fingerprint density at radius 1 is 1.15 bits per heavy atom. The minimum Gasteiger partial charge on any atom is -0.339 e. The second-order valence-corrected chi connectivity index (χ2v) is 6.87. The summed E-state index contributed by atoms with van der Waals surface area (Å²) in [5, 5.41) is 9.30. The number of aryl methyl sites for hydroxylation is 1. The molecule has 1 saturated heterocycles. The van der Waals surface area contributed by atoms with Crippen molar-refractivity contribution in [2.45, 2.75) is 6.92 Å².